The monoisotopic (exact) mass is 466 g/mol. The van der Waals surface area contributed by atoms with Gasteiger partial charge in [0.25, 0.3) is 0 Å². The molecule has 0 saturated heterocycles. The molecule has 5 nitrogen and oxygen atoms in total. The summed E-state index contributed by atoms with van der Waals surface area (Å²) in [6.07, 6.45) is 3.10. The maximum Gasteiger partial charge on any atom is 0.193 e. The van der Waals surface area contributed by atoms with Crippen LogP contribution in [0.4, 0.5) is 0 Å². The fourth-order valence-electron chi connectivity index (χ4n) is 3.47. The number of benzene rings is 4. The first kappa shape index (κ1) is 23.6. The molecule has 4 rings (SSSR count). The van der Waals surface area contributed by atoms with Crippen LogP contribution in [0.1, 0.15) is 27.0 Å². The molecule has 0 saturated carbocycles. The highest BCUT2D eigenvalue weighted by molar-refractivity contribution is 6.10. The minimum atomic E-state index is -0.379. The molecule has 35 heavy (non-hydrogen) atoms. The van der Waals surface area contributed by atoms with Crippen molar-refractivity contribution in [3.8, 4) is 23.0 Å². The summed E-state index contributed by atoms with van der Waals surface area (Å²) in [5.41, 5.74) is 2.84. The molecule has 0 aromatic heterocycles. The summed E-state index contributed by atoms with van der Waals surface area (Å²) in [4.78, 5) is 13.1. The molecular weight excluding hydrogens is 440 g/mol. The van der Waals surface area contributed by atoms with E-state index in [0.29, 0.717) is 12.4 Å². The fraction of sp³-hybridized carbons (Fsp3) is 0.100. The molecule has 0 aliphatic rings. The Morgan fingerprint density at radius 1 is 0.771 bits per heavy atom. The van der Waals surface area contributed by atoms with Gasteiger partial charge >= 0.3 is 0 Å². The highest BCUT2D eigenvalue weighted by atomic mass is 16.5. The largest absolute Gasteiger partial charge is 0.507 e. The molecule has 0 amide bonds. The molecule has 0 heterocycles. The average Bonchev–Trinajstić information content (AvgIpc) is 2.90. The molecule has 0 spiro atoms. The lowest BCUT2D eigenvalue weighted by atomic mass is 10.1. The summed E-state index contributed by atoms with van der Waals surface area (Å²) >= 11 is 0. The zero-order chi connectivity index (χ0) is 24.5. The Labute approximate surface area is 204 Å². The van der Waals surface area contributed by atoms with Crippen LogP contribution >= 0.6 is 0 Å². The van der Waals surface area contributed by atoms with E-state index in [-0.39, 0.29) is 29.5 Å². The third kappa shape index (κ3) is 6.51. The second kappa shape index (κ2) is 11.6. The molecule has 1 N–H and O–H groups in total. The Morgan fingerprint density at radius 3 is 1.97 bits per heavy atom. The van der Waals surface area contributed by atoms with Gasteiger partial charge in [-0.05, 0) is 34.9 Å². The Bertz CT molecular complexity index is 1280. The van der Waals surface area contributed by atoms with Crippen molar-refractivity contribution in [2.75, 3.05) is 7.11 Å². The zero-order valence-electron chi connectivity index (χ0n) is 19.4. The summed E-state index contributed by atoms with van der Waals surface area (Å²) in [5, 5.41) is 10.8. The van der Waals surface area contributed by atoms with Crippen LogP contribution in [0, 0.1) is 0 Å². The smallest absolute Gasteiger partial charge is 0.193 e. The molecule has 4 aromatic rings. The van der Waals surface area contributed by atoms with Gasteiger partial charge in [0.2, 0.25) is 0 Å². The van der Waals surface area contributed by atoms with Gasteiger partial charge in [-0.25, -0.2) is 0 Å². The molecular formula is C30H26O5. The molecule has 5 heteroatoms. The van der Waals surface area contributed by atoms with E-state index in [1.807, 2.05) is 84.9 Å². The van der Waals surface area contributed by atoms with E-state index >= 15 is 0 Å². The number of phenolic OH excluding ortho intramolecular Hbond substituents is 1. The number of ketones is 1. The standard InChI is InChI=1S/C30H26O5/c1-33-25-15-12-22(13-16-25)14-17-27(31)30-28(32)18-26(34-20-23-8-4-2-5-9-23)19-29(30)35-21-24-10-6-3-7-11-24/h2-19,32H,20-21H2,1H3/b17-14+. The van der Waals surface area contributed by atoms with Crippen molar-refractivity contribution in [2.45, 2.75) is 13.2 Å². The van der Waals surface area contributed by atoms with Crippen LogP contribution < -0.4 is 14.2 Å². The molecule has 0 fully saturated rings. The SMILES string of the molecule is COc1ccc(/C=C/C(=O)c2c(O)cc(OCc3ccccc3)cc2OCc2ccccc2)cc1. The number of carbonyl (C=O) groups is 1. The minimum absolute atomic E-state index is 0.0813. The normalized spacial score (nSPS) is 10.8. The van der Waals surface area contributed by atoms with Crippen LogP contribution in [0.5, 0.6) is 23.0 Å². The van der Waals surface area contributed by atoms with E-state index < -0.39 is 0 Å². The molecule has 0 aliphatic heterocycles. The minimum Gasteiger partial charge on any atom is -0.507 e. The van der Waals surface area contributed by atoms with Crippen molar-refractivity contribution >= 4 is 11.9 Å². The van der Waals surface area contributed by atoms with Crippen molar-refractivity contribution < 1.29 is 24.1 Å². The molecule has 0 unspecified atom stereocenters. The van der Waals surface area contributed by atoms with E-state index in [2.05, 4.69) is 0 Å². The molecule has 4 aromatic carbocycles. The number of rotatable bonds is 10. The van der Waals surface area contributed by atoms with Gasteiger partial charge in [0, 0.05) is 12.1 Å². The number of aromatic hydroxyl groups is 1. The second-order valence-electron chi connectivity index (χ2n) is 7.83. The molecule has 0 bridgehead atoms. The first-order chi connectivity index (χ1) is 17.1. The van der Waals surface area contributed by atoms with Gasteiger partial charge in [-0.3, -0.25) is 4.79 Å². The number of methoxy groups -OCH3 is 1. The lowest BCUT2D eigenvalue weighted by Crippen LogP contribution is -2.04. The first-order valence-electron chi connectivity index (χ1n) is 11.2. The highest BCUT2D eigenvalue weighted by Gasteiger charge is 2.18. The Kier molecular flexibility index (Phi) is 7.81. The van der Waals surface area contributed by atoms with E-state index in [1.165, 1.54) is 12.1 Å². The van der Waals surface area contributed by atoms with Crippen LogP contribution in [0.2, 0.25) is 0 Å². The quantitative estimate of drug-likeness (QED) is 0.215. The van der Waals surface area contributed by atoms with Gasteiger partial charge in [0.15, 0.2) is 5.78 Å². The number of hydrogen-bond donors (Lipinski definition) is 1. The lowest BCUT2D eigenvalue weighted by Gasteiger charge is -2.14. The first-order valence-corrected chi connectivity index (χ1v) is 11.2. The van der Waals surface area contributed by atoms with E-state index in [0.717, 1.165) is 22.4 Å². The van der Waals surface area contributed by atoms with Gasteiger partial charge in [-0.15, -0.1) is 0 Å². The van der Waals surface area contributed by atoms with Crippen molar-refractivity contribution in [3.05, 3.63) is 125 Å². The lowest BCUT2D eigenvalue weighted by molar-refractivity contribution is 0.104. The number of carbonyl (C=O) groups excluding carboxylic acids is 1. The molecule has 0 atom stereocenters. The number of ether oxygens (including phenoxy) is 3. The maximum atomic E-state index is 13.1. The van der Waals surface area contributed by atoms with Crippen molar-refractivity contribution in [1.82, 2.24) is 0 Å². The van der Waals surface area contributed by atoms with Crippen LogP contribution in [-0.2, 0) is 13.2 Å². The zero-order valence-corrected chi connectivity index (χ0v) is 19.4. The molecule has 0 radical (unpaired) electrons. The van der Waals surface area contributed by atoms with Gasteiger partial charge in [0.1, 0.15) is 41.8 Å². The highest BCUT2D eigenvalue weighted by Crippen LogP contribution is 2.35. The Morgan fingerprint density at radius 2 is 1.37 bits per heavy atom. The van der Waals surface area contributed by atoms with Crippen LogP contribution in [0.15, 0.2) is 103 Å². The number of hydrogen-bond acceptors (Lipinski definition) is 5. The number of phenols is 1. The van der Waals surface area contributed by atoms with Gasteiger partial charge in [-0.1, -0.05) is 78.9 Å². The van der Waals surface area contributed by atoms with Crippen molar-refractivity contribution in [3.63, 3.8) is 0 Å². The summed E-state index contributed by atoms with van der Waals surface area (Å²) in [6.45, 7) is 0.563. The van der Waals surface area contributed by atoms with Gasteiger partial charge in [-0.2, -0.15) is 0 Å². The summed E-state index contributed by atoms with van der Waals surface area (Å²) in [6, 6.07) is 29.7. The summed E-state index contributed by atoms with van der Waals surface area (Å²) in [7, 11) is 1.60. The fourth-order valence-corrected chi connectivity index (χ4v) is 3.47. The average molecular weight is 467 g/mol. The van der Waals surface area contributed by atoms with Crippen molar-refractivity contribution in [1.29, 1.82) is 0 Å². The molecule has 176 valence electrons. The Hall–Kier alpha value is -4.51. The van der Waals surface area contributed by atoms with Crippen LogP contribution in [0.3, 0.4) is 0 Å². The predicted molar refractivity (Wildman–Crippen MR) is 136 cm³/mol. The Balaban J connectivity index is 1.58. The van der Waals surface area contributed by atoms with Gasteiger partial charge < -0.3 is 19.3 Å². The van der Waals surface area contributed by atoms with Crippen LogP contribution in [0.25, 0.3) is 6.08 Å². The third-order valence-electron chi connectivity index (χ3n) is 5.33. The maximum absolute atomic E-state index is 13.1. The van der Waals surface area contributed by atoms with E-state index in [1.54, 1.807) is 19.3 Å². The van der Waals surface area contributed by atoms with E-state index in [4.69, 9.17) is 14.2 Å². The third-order valence-corrected chi connectivity index (χ3v) is 5.33. The summed E-state index contributed by atoms with van der Waals surface area (Å²) in [5.74, 6) is 0.805. The topological polar surface area (TPSA) is 65.0 Å². The molecule has 0 aliphatic carbocycles. The summed E-state index contributed by atoms with van der Waals surface area (Å²) < 4.78 is 17.0. The van der Waals surface area contributed by atoms with Crippen molar-refractivity contribution in [2.24, 2.45) is 0 Å². The van der Waals surface area contributed by atoms with Crippen LogP contribution in [-0.4, -0.2) is 18.0 Å². The van der Waals surface area contributed by atoms with Gasteiger partial charge in [0.05, 0.1) is 7.11 Å². The predicted octanol–water partition coefficient (Wildman–Crippen LogP) is 6.45. The van der Waals surface area contributed by atoms with E-state index in [9.17, 15) is 9.90 Å². The number of allylic oxidation sites excluding steroid dienone is 1. The second-order valence-corrected chi connectivity index (χ2v) is 7.83.